The molecular formula is C15H11F6NOS2. The summed E-state index contributed by atoms with van der Waals surface area (Å²) in [6.07, 6.45) is -9.90. The highest BCUT2D eigenvalue weighted by Crippen LogP contribution is 2.37. The van der Waals surface area contributed by atoms with E-state index < -0.39 is 35.1 Å². The lowest BCUT2D eigenvalue weighted by atomic mass is 10.1. The normalized spacial score (nSPS) is 12.2. The van der Waals surface area contributed by atoms with Crippen LogP contribution in [0.15, 0.2) is 35.7 Å². The van der Waals surface area contributed by atoms with Crippen molar-refractivity contribution in [3.8, 4) is 0 Å². The molecule has 1 heterocycles. The molecular weight excluding hydrogens is 388 g/mol. The first-order chi connectivity index (χ1) is 11.6. The lowest BCUT2D eigenvalue weighted by Gasteiger charge is -2.14. The standard InChI is InChI=1S/C15H11F6NOS2/c16-14(17,18)9-4-10(15(19,20)21)6-11(5-9)22-13(23)8-24-7-12-2-1-3-25-12/h1-6H,7-8H2,(H,22,23). The molecule has 0 aliphatic carbocycles. The average molecular weight is 399 g/mol. The van der Waals surface area contributed by atoms with Gasteiger partial charge in [-0.3, -0.25) is 4.79 Å². The highest BCUT2D eigenvalue weighted by atomic mass is 32.2. The Morgan fingerprint density at radius 3 is 2.12 bits per heavy atom. The SMILES string of the molecule is O=C(CSCc1cccs1)Nc1cc(C(F)(F)F)cc(C(F)(F)F)c1. The molecule has 1 aromatic heterocycles. The Bertz CT molecular complexity index is 692. The van der Waals surface area contributed by atoms with E-state index in [-0.39, 0.29) is 11.8 Å². The summed E-state index contributed by atoms with van der Waals surface area (Å²) in [6, 6.07) is 4.68. The van der Waals surface area contributed by atoms with Crippen molar-refractivity contribution in [2.45, 2.75) is 18.1 Å². The van der Waals surface area contributed by atoms with Crippen LogP contribution in [-0.2, 0) is 22.9 Å². The van der Waals surface area contributed by atoms with Crippen LogP contribution in [0, 0.1) is 0 Å². The van der Waals surface area contributed by atoms with Crippen LogP contribution in [0.1, 0.15) is 16.0 Å². The molecule has 0 unspecified atom stereocenters. The van der Waals surface area contributed by atoms with E-state index in [1.54, 1.807) is 0 Å². The van der Waals surface area contributed by atoms with Gasteiger partial charge in [-0.15, -0.1) is 23.1 Å². The van der Waals surface area contributed by atoms with Gasteiger partial charge in [0, 0.05) is 16.3 Å². The number of halogens is 6. The van der Waals surface area contributed by atoms with E-state index >= 15 is 0 Å². The topological polar surface area (TPSA) is 29.1 Å². The van der Waals surface area contributed by atoms with Gasteiger partial charge < -0.3 is 5.32 Å². The summed E-state index contributed by atoms with van der Waals surface area (Å²) in [6.45, 7) is 0. The third-order valence-electron chi connectivity index (χ3n) is 2.93. The van der Waals surface area contributed by atoms with Gasteiger partial charge in [-0.05, 0) is 29.6 Å². The van der Waals surface area contributed by atoms with Gasteiger partial charge >= 0.3 is 12.4 Å². The van der Waals surface area contributed by atoms with E-state index in [0.29, 0.717) is 17.9 Å². The average Bonchev–Trinajstić information content (AvgIpc) is 2.98. The van der Waals surface area contributed by atoms with Crippen LogP contribution in [0.3, 0.4) is 0 Å². The van der Waals surface area contributed by atoms with E-state index in [1.165, 1.54) is 23.1 Å². The predicted molar refractivity (Wildman–Crippen MR) is 85.6 cm³/mol. The maximum absolute atomic E-state index is 12.8. The highest BCUT2D eigenvalue weighted by Gasteiger charge is 2.37. The number of rotatable bonds is 5. The van der Waals surface area contributed by atoms with Crippen LogP contribution < -0.4 is 5.32 Å². The number of hydrogen-bond donors (Lipinski definition) is 1. The van der Waals surface area contributed by atoms with E-state index in [2.05, 4.69) is 5.32 Å². The number of thioether (sulfide) groups is 1. The van der Waals surface area contributed by atoms with Crippen LogP contribution in [0.4, 0.5) is 32.0 Å². The zero-order valence-corrected chi connectivity index (χ0v) is 14.0. The molecule has 1 amide bonds. The van der Waals surface area contributed by atoms with Gasteiger partial charge in [-0.25, -0.2) is 0 Å². The lowest BCUT2D eigenvalue weighted by Crippen LogP contribution is -2.17. The number of hydrogen-bond acceptors (Lipinski definition) is 3. The highest BCUT2D eigenvalue weighted by molar-refractivity contribution is 7.99. The number of thiophene rings is 1. The number of carbonyl (C=O) groups is 1. The number of amides is 1. The zero-order valence-electron chi connectivity index (χ0n) is 12.4. The first-order valence-electron chi connectivity index (χ1n) is 6.75. The lowest BCUT2D eigenvalue weighted by molar-refractivity contribution is -0.143. The third kappa shape index (κ3) is 5.96. The van der Waals surface area contributed by atoms with Crippen molar-refractivity contribution in [3.63, 3.8) is 0 Å². The third-order valence-corrected chi connectivity index (χ3v) is 4.97. The summed E-state index contributed by atoms with van der Waals surface area (Å²) in [5.74, 6) is -0.231. The molecule has 136 valence electrons. The Labute approximate surface area is 147 Å². The minimum absolute atomic E-state index is 0.0151. The van der Waals surface area contributed by atoms with E-state index in [9.17, 15) is 31.1 Å². The summed E-state index contributed by atoms with van der Waals surface area (Å²) in [7, 11) is 0. The fraction of sp³-hybridized carbons (Fsp3) is 0.267. The van der Waals surface area contributed by atoms with E-state index in [0.717, 1.165) is 4.88 Å². The molecule has 25 heavy (non-hydrogen) atoms. The minimum Gasteiger partial charge on any atom is -0.325 e. The van der Waals surface area contributed by atoms with Crippen LogP contribution in [0.25, 0.3) is 0 Å². The van der Waals surface area contributed by atoms with Crippen molar-refractivity contribution in [1.82, 2.24) is 0 Å². The molecule has 2 aromatic rings. The number of anilines is 1. The molecule has 10 heteroatoms. The van der Waals surface area contributed by atoms with Gasteiger partial charge in [0.05, 0.1) is 16.9 Å². The van der Waals surface area contributed by atoms with Crippen LogP contribution in [0.5, 0.6) is 0 Å². The summed E-state index contributed by atoms with van der Waals surface area (Å²) < 4.78 is 76.5. The Kier molecular flexibility index (Phi) is 6.04. The van der Waals surface area contributed by atoms with Crippen molar-refractivity contribution < 1.29 is 31.1 Å². The van der Waals surface area contributed by atoms with Crippen molar-refractivity contribution in [2.75, 3.05) is 11.1 Å². The van der Waals surface area contributed by atoms with Gasteiger partial charge in [-0.1, -0.05) is 6.07 Å². The summed E-state index contributed by atoms with van der Waals surface area (Å²) in [5.41, 5.74) is -3.48. The zero-order chi connectivity index (χ0) is 18.7. The number of carbonyl (C=O) groups excluding carboxylic acids is 1. The first kappa shape index (κ1) is 19.6. The Hall–Kier alpha value is -1.68. The van der Waals surface area contributed by atoms with E-state index in [4.69, 9.17) is 0 Å². The Morgan fingerprint density at radius 1 is 1.04 bits per heavy atom. The van der Waals surface area contributed by atoms with Crippen molar-refractivity contribution in [2.24, 2.45) is 0 Å². The molecule has 0 aliphatic heterocycles. The Balaban J connectivity index is 2.08. The first-order valence-corrected chi connectivity index (χ1v) is 8.78. The molecule has 2 nitrogen and oxygen atoms in total. The van der Waals surface area contributed by atoms with Gasteiger partial charge in [-0.2, -0.15) is 26.3 Å². The molecule has 0 atom stereocenters. The van der Waals surface area contributed by atoms with Crippen LogP contribution >= 0.6 is 23.1 Å². The summed E-state index contributed by atoms with van der Waals surface area (Å²) in [5, 5.41) is 3.95. The molecule has 1 aromatic carbocycles. The fourth-order valence-electron chi connectivity index (χ4n) is 1.86. The van der Waals surface area contributed by atoms with Gasteiger partial charge in [0.25, 0.3) is 0 Å². The largest absolute Gasteiger partial charge is 0.416 e. The van der Waals surface area contributed by atoms with Crippen molar-refractivity contribution in [3.05, 3.63) is 51.7 Å². The van der Waals surface area contributed by atoms with Crippen molar-refractivity contribution in [1.29, 1.82) is 0 Å². The maximum atomic E-state index is 12.8. The van der Waals surface area contributed by atoms with Gasteiger partial charge in [0.1, 0.15) is 0 Å². The number of benzene rings is 1. The molecule has 0 bridgehead atoms. The molecule has 0 saturated carbocycles. The van der Waals surface area contributed by atoms with Crippen LogP contribution in [-0.4, -0.2) is 11.7 Å². The number of alkyl halides is 6. The second-order valence-electron chi connectivity index (χ2n) is 4.91. The fourth-order valence-corrected chi connectivity index (χ4v) is 3.53. The predicted octanol–water partition coefficient (Wildman–Crippen LogP) is 5.66. The minimum atomic E-state index is -4.95. The summed E-state index contributed by atoms with van der Waals surface area (Å²) in [4.78, 5) is 12.8. The van der Waals surface area contributed by atoms with Crippen LogP contribution in [0.2, 0.25) is 0 Å². The maximum Gasteiger partial charge on any atom is 0.416 e. The monoisotopic (exact) mass is 399 g/mol. The number of nitrogens with one attached hydrogen (secondary N) is 1. The molecule has 0 fully saturated rings. The molecule has 0 radical (unpaired) electrons. The smallest absolute Gasteiger partial charge is 0.325 e. The van der Waals surface area contributed by atoms with Gasteiger partial charge in [0.2, 0.25) is 5.91 Å². The quantitative estimate of drug-likeness (QED) is 0.658. The van der Waals surface area contributed by atoms with E-state index in [1.807, 2.05) is 17.5 Å². The molecule has 0 aliphatic rings. The van der Waals surface area contributed by atoms with Gasteiger partial charge in [0.15, 0.2) is 0 Å². The second-order valence-corrected chi connectivity index (χ2v) is 6.93. The molecule has 2 rings (SSSR count). The molecule has 0 spiro atoms. The Morgan fingerprint density at radius 2 is 1.64 bits per heavy atom. The molecule has 0 saturated heterocycles. The van der Waals surface area contributed by atoms with Crippen molar-refractivity contribution >= 4 is 34.7 Å². The summed E-state index contributed by atoms with van der Waals surface area (Å²) >= 11 is 2.70. The second kappa shape index (κ2) is 7.69. The molecule has 1 N–H and O–H groups in total.